The van der Waals surface area contributed by atoms with E-state index in [-0.39, 0.29) is 4.21 Å². The first-order valence-corrected chi connectivity index (χ1v) is 8.14. The first kappa shape index (κ1) is 13.5. The molecule has 0 bridgehead atoms. The Hall–Kier alpha value is -0.940. The third-order valence-electron chi connectivity index (χ3n) is 2.88. The van der Waals surface area contributed by atoms with E-state index in [1.807, 2.05) is 6.07 Å². The van der Waals surface area contributed by atoms with Crippen molar-refractivity contribution in [3.63, 3.8) is 0 Å². The average Bonchev–Trinajstić information content (AvgIpc) is 2.99. The van der Waals surface area contributed by atoms with Crippen molar-refractivity contribution in [2.75, 3.05) is 26.2 Å². The number of sulfonamides is 1. The summed E-state index contributed by atoms with van der Waals surface area (Å²) in [6.07, 6.45) is 2.40. The van der Waals surface area contributed by atoms with E-state index in [0.717, 1.165) is 31.0 Å². The van der Waals surface area contributed by atoms with Gasteiger partial charge in [-0.15, -0.1) is 11.3 Å². The summed E-state index contributed by atoms with van der Waals surface area (Å²) in [5.74, 6) is 0. The van der Waals surface area contributed by atoms with Gasteiger partial charge in [0.1, 0.15) is 15.2 Å². The van der Waals surface area contributed by atoms with Crippen LogP contribution in [0.1, 0.15) is 17.7 Å². The highest BCUT2D eigenvalue weighted by Gasteiger charge is 2.17. The fraction of sp³-hybridized carbons (Fsp3) is 0.545. The molecule has 0 saturated carbocycles. The van der Waals surface area contributed by atoms with Crippen molar-refractivity contribution in [3.8, 4) is 6.07 Å². The highest BCUT2D eigenvalue weighted by Crippen LogP contribution is 2.20. The Bertz CT molecular complexity index is 539. The molecule has 1 aliphatic rings. The molecule has 0 spiro atoms. The second kappa shape index (κ2) is 5.80. The second-order valence-corrected chi connectivity index (χ2v) is 7.25. The van der Waals surface area contributed by atoms with Crippen LogP contribution in [-0.2, 0) is 10.0 Å². The van der Waals surface area contributed by atoms with E-state index in [0.29, 0.717) is 11.4 Å². The minimum atomic E-state index is -3.45. The molecule has 1 saturated heterocycles. The smallest absolute Gasteiger partial charge is 0.250 e. The molecule has 18 heavy (non-hydrogen) atoms. The van der Waals surface area contributed by atoms with E-state index in [4.69, 9.17) is 5.26 Å². The van der Waals surface area contributed by atoms with Crippen LogP contribution in [0.4, 0.5) is 0 Å². The summed E-state index contributed by atoms with van der Waals surface area (Å²) in [6, 6.07) is 4.94. The van der Waals surface area contributed by atoms with Gasteiger partial charge in [0, 0.05) is 13.1 Å². The number of hydrogen-bond acceptors (Lipinski definition) is 5. The Balaban J connectivity index is 1.89. The van der Waals surface area contributed by atoms with Crippen molar-refractivity contribution < 1.29 is 8.42 Å². The molecule has 2 rings (SSSR count). The molecule has 0 radical (unpaired) electrons. The van der Waals surface area contributed by atoms with Crippen LogP contribution in [0.3, 0.4) is 0 Å². The monoisotopic (exact) mass is 285 g/mol. The van der Waals surface area contributed by atoms with E-state index in [1.165, 1.54) is 25.0 Å². The number of thiophene rings is 1. The highest BCUT2D eigenvalue weighted by molar-refractivity contribution is 7.91. The molecule has 1 fully saturated rings. The van der Waals surface area contributed by atoms with Crippen molar-refractivity contribution in [1.82, 2.24) is 9.62 Å². The van der Waals surface area contributed by atoms with Crippen LogP contribution < -0.4 is 4.72 Å². The van der Waals surface area contributed by atoms with Crippen molar-refractivity contribution in [3.05, 3.63) is 17.0 Å². The molecule has 1 aromatic rings. The summed E-state index contributed by atoms with van der Waals surface area (Å²) in [5.41, 5.74) is 0. The van der Waals surface area contributed by atoms with Crippen molar-refractivity contribution in [2.45, 2.75) is 17.1 Å². The van der Waals surface area contributed by atoms with Crippen molar-refractivity contribution in [1.29, 1.82) is 5.26 Å². The van der Waals surface area contributed by atoms with Gasteiger partial charge in [0.15, 0.2) is 0 Å². The summed E-state index contributed by atoms with van der Waals surface area (Å²) in [6.45, 7) is 3.27. The zero-order chi connectivity index (χ0) is 13.0. The van der Waals surface area contributed by atoms with Gasteiger partial charge in [-0.25, -0.2) is 13.1 Å². The normalized spacial score (nSPS) is 16.8. The molecule has 0 aromatic carbocycles. The summed E-state index contributed by atoms with van der Waals surface area (Å²) in [4.78, 5) is 2.66. The third kappa shape index (κ3) is 3.29. The highest BCUT2D eigenvalue weighted by atomic mass is 32.2. The summed E-state index contributed by atoms with van der Waals surface area (Å²) in [7, 11) is -3.45. The topological polar surface area (TPSA) is 73.2 Å². The van der Waals surface area contributed by atoms with Crippen LogP contribution in [0.15, 0.2) is 16.3 Å². The number of nitriles is 1. The van der Waals surface area contributed by atoms with E-state index >= 15 is 0 Å². The number of nitrogens with one attached hydrogen (secondary N) is 1. The van der Waals surface area contributed by atoms with Crippen molar-refractivity contribution >= 4 is 21.4 Å². The van der Waals surface area contributed by atoms with E-state index in [2.05, 4.69) is 9.62 Å². The van der Waals surface area contributed by atoms with Crippen LogP contribution in [0.5, 0.6) is 0 Å². The quantitative estimate of drug-likeness (QED) is 0.875. The maximum absolute atomic E-state index is 11.9. The van der Waals surface area contributed by atoms with E-state index < -0.39 is 10.0 Å². The van der Waals surface area contributed by atoms with Gasteiger partial charge in [-0.1, -0.05) is 0 Å². The third-order valence-corrected chi connectivity index (χ3v) is 5.82. The zero-order valence-corrected chi connectivity index (χ0v) is 11.6. The van der Waals surface area contributed by atoms with Gasteiger partial charge >= 0.3 is 0 Å². The largest absolute Gasteiger partial charge is 0.302 e. The molecule has 0 amide bonds. The van der Waals surface area contributed by atoms with E-state index in [9.17, 15) is 8.42 Å². The number of hydrogen-bond donors (Lipinski definition) is 1. The first-order valence-electron chi connectivity index (χ1n) is 5.84. The van der Waals surface area contributed by atoms with Crippen LogP contribution in [0.2, 0.25) is 0 Å². The van der Waals surface area contributed by atoms with Gasteiger partial charge in [0.05, 0.1) is 0 Å². The second-order valence-electron chi connectivity index (χ2n) is 4.18. The Morgan fingerprint density at radius 3 is 2.72 bits per heavy atom. The molecule has 0 unspecified atom stereocenters. The average molecular weight is 285 g/mol. The molecule has 0 aliphatic carbocycles. The predicted octanol–water partition coefficient (Wildman–Crippen LogP) is 0.994. The molecule has 5 nitrogen and oxygen atoms in total. The van der Waals surface area contributed by atoms with Crippen molar-refractivity contribution in [2.24, 2.45) is 0 Å². The maximum atomic E-state index is 11.9. The Labute approximate surface area is 111 Å². The molecule has 1 aliphatic heterocycles. The molecule has 1 N–H and O–H groups in total. The summed E-state index contributed by atoms with van der Waals surface area (Å²) in [5, 5.41) is 8.67. The Morgan fingerprint density at radius 1 is 1.39 bits per heavy atom. The molecular weight excluding hydrogens is 270 g/mol. The van der Waals surface area contributed by atoms with E-state index in [1.54, 1.807) is 0 Å². The minimum Gasteiger partial charge on any atom is -0.302 e. The molecule has 2 heterocycles. The van der Waals surface area contributed by atoms with Crippen LogP contribution in [0, 0.1) is 11.3 Å². The van der Waals surface area contributed by atoms with Gasteiger partial charge in [-0.2, -0.15) is 5.26 Å². The number of rotatable bonds is 5. The molecule has 0 atom stereocenters. The maximum Gasteiger partial charge on any atom is 0.250 e. The van der Waals surface area contributed by atoms with Gasteiger partial charge < -0.3 is 4.90 Å². The lowest BCUT2D eigenvalue weighted by molar-refractivity contribution is 0.344. The zero-order valence-electron chi connectivity index (χ0n) is 9.92. The van der Waals surface area contributed by atoms with Crippen LogP contribution >= 0.6 is 11.3 Å². The fourth-order valence-electron chi connectivity index (χ4n) is 1.94. The lowest BCUT2D eigenvalue weighted by atomic mass is 10.4. The number of nitrogens with zero attached hydrogens (tertiary/aromatic N) is 2. The summed E-state index contributed by atoms with van der Waals surface area (Å²) >= 11 is 0.997. The lowest BCUT2D eigenvalue weighted by Crippen LogP contribution is -2.33. The summed E-state index contributed by atoms with van der Waals surface area (Å²) < 4.78 is 26.6. The molecule has 98 valence electrons. The Morgan fingerprint density at radius 2 is 2.11 bits per heavy atom. The SMILES string of the molecule is N#Cc1ccc(S(=O)(=O)NCCN2CCCC2)s1. The Kier molecular flexibility index (Phi) is 4.35. The molecule has 7 heteroatoms. The lowest BCUT2D eigenvalue weighted by Gasteiger charge is -2.14. The minimum absolute atomic E-state index is 0.209. The van der Waals surface area contributed by atoms with Crippen LogP contribution in [0.25, 0.3) is 0 Å². The number of likely N-dealkylation sites (tertiary alicyclic amines) is 1. The van der Waals surface area contributed by atoms with Gasteiger partial charge in [-0.3, -0.25) is 0 Å². The van der Waals surface area contributed by atoms with Gasteiger partial charge in [0.2, 0.25) is 10.0 Å². The first-order chi connectivity index (χ1) is 8.62. The van der Waals surface area contributed by atoms with Crippen LogP contribution in [-0.4, -0.2) is 39.5 Å². The predicted molar refractivity (Wildman–Crippen MR) is 69.9 cm³/mol. The molecule has 1 aromatic heterocycles. The van der Waals surface area contributed by atoms with Gasteiger partial charge in [-0.05, 0) is 38.1 Å². The van der Waals surface area contributed by atoms with Gasteiger partial charge in [0.25, 0.3) is 0 Å². The fourth-order valence-corrected chi connectivity index (χ4v) is 4.11. The molecular formula is C11H15N3O2S2. The standard InChI is InChI=1S/C11H15N3O2S2/c12-9-10-3-4-11(17-10)18(15,16)13-5-8-14-6-1-2-7-14/h3-4,13H,1-2,5-8H2.